The van der Waals surface area contributed by atoms with E-state index in [0.29, 0.717) is 24.3 Å². The molecule has 1 fully saturated rings. The Morgan fingerprint density at radius 3 is 3.00 bits per heavy atom. The molecular formula is C19H21N7O. The Labute approximate surface area is 156 Å². The summed E-state index contributed by atoms with van der Waals surface area (Å²) in [5.41, 5.74) is 19.0. The number of pyridine rings is 1. The van der Waals surface area contributed by atoms with Gasteiger partial charge in [0.05, 0.1) is 24.5 Å². The van der Waals surface area contributed by atoms with Crippen molar-refractivity contribution in [1.29, 1.82) is 0 Å². The van der Waals surface area contributed by atoms with Crippen LogP contribution in [0.3, 0.4) is 0 Å². The Balaban J connectivity index is 1.31. The van der Waals surface area contributed by atoms with Crippen LogP contribution in [0.15, 0.2) is 42.7 Å². The first-order chi connectivity index (χ1) is 13.2. The quantitative estimate of drug-likeness (QED) is 0.533. The molecule has 0 unspecified atom stereocenters. The number of nitrogens with two attached hydrogens (primary N) is 1. The van der Waals surface area contributed by atoms with Gasteiger partial charge in [0.1, 0.15) is 11.6 Å². The second kappa shape index (κ2) is 6.48. The standard InChI is InChI=1S/C19H21N7O/c20-17-8-14(18-19(22-17)24-25-23-18)6-13-9-21-26(11-13)10-12-2-1-3-16(7-12)27-15-4-5-15/h1-3,7-9,11,15,23,25H,4-6,10H2,(H3,20,22,24). The van der Waals surface area contributed by atoms with Crippen molar-refractivity contribution in [3.63, 3.8) is 0 Å². The number of nitrogen functional groups attached to an aromatic ring is 1. The number of rotatable bonds is 6. The number of ether oxygens (including phenoxy) is 1. The lowest BCUT2D eigenvalue weighted by molar-refractivity contribution is 0.303. The number of benzene rings is 1. The van der Waals surface area contributed by atoms with Crippen molar-refractivity contribution in [3.8, 4) is 5.75 Å². The van der Waals surface area contributed by atoms with Gasteiger partial charge in [-0.05, 0) is 47.7 Å². The number of hydrogen-bond acceptors (Lipinski definition) is 7. The second-order valence-electron chi connectivity index (χ2n) is 6.99. The van der Waals surface area contributed by atoms with Gasteiger partial charge in [0, 0.05) is 12.6 Å². The number of nitrogens with one attached hydrogen (secondary N) is 3. The lowest BCUT2D eigenvalue weighted by Crippen LogP contribution is -2.19. The molecule has 0 radical (unpaired) electrons. The molecule has 1 aliphatic carbocycles. The topological polar surface area (TPSA) is 102 Å². The van der Waals surface area contributed by atoms with Crippen LogP contribution in [0.4, 0.5) is 17.3 Å². The third kappa shape index (κ3) is 3.52. The maximum atomic E-state index is 5.91. The fraction of sp³-hybridized carbons (Fsp3) is 0.263. The van der Waals surface area contributed by atoms with E-state index in [1.165, 1.54) is 5.56 Å². The van der Waals surface area contributed by atoms with Crippen molar-refractivity contribution in [2.45, 2.75) is 31.9 Å². The maximum Gasteiger partial charge on any atom is 0.169 e. The fourth-order valence-electron chi connectivity index (χ4n) is 3.23. The Hall–Kier alpha value is -3.26. The van der Waals surface area contributed by atoms with Gasteiger partial charge in [-0.15, -0.1) is 5.53 Å². The third-order valence-electron chi connectivity index (χ3n) is 4.64. The highest BCUT2D eigenvalue weighted by atomic mass is 16.5. The van der Waals surface area contributed by atoms with E-state index < -0.39 is 0 Å². The number of aromatic nitrogens is 3. The van der Waals surface area contributed by atoms with E-state index in [1.54, 1.807) is 0 Å². The van der Waals surface area contributed by atoms with Gasteiger partial charge in [-0.3, -0.25) is 10.1 Å². The molecule has 5 N–H and O–H groups in total. The Morgan fingerprint density at radius 1 is 1.19 bits per heavy atom. The van der Waals surface area contributed by atoms with Crippen molar-refractivity contribution >= 4 is 17.3 Å². The Kier molecular flexibility index (Phi) is 3.83. The minimum atomic E-state index is 0.406. The number of nitrogens with zero attached hydrogens (tertiary/aromatic N) is 3. The lowest BCUT2D eigenvalue weighted by atomic mass is 10.1. The molecule has 1 aromatic carbocycles. The summed E-state index contributed by atoms with van der Waals surface area (Å²) < 4.78 is 7.82. The van der Waals surface area contributed by atoms with Crippen LogP contribution in [-0.4, -0.2) is 20.9 Å². The molecule has 5 rings (SSSR count). The molecule has 0 atom stereocenters. The van der Waals surface area contributed by atoms with Crippen LogP contribution < -0.4 is 26.9 Å². The molecule has 3 heterocycles. The van der Waals surface area contributed by atoms with Gasteiger partial charge in [-0.1, -0.05) is 12.1 Å². The highest BCUT2D eigenvalue weighted by Crippen LogP contribution is 2.30. The molecule has 0 spiro atoms. The zero-order valence-corrected chi connectivity index (χ0v) is 14.8. The van der Waals surface area contributed by atoms with E-state index in [-0.39, 0.29) is 0 Å². The molecule has 3 aromatic rings. The van der Waals surface area contributed by atoms with Crippen LogP contribution in [0.1, 0.15) is 29.5 Å². The SMILES string of the molecule is Nc1cc(Cc2cnn(Cc3cccc(OC4CC4)c3)c2)c2c(n1)NNN2. The normalized spacial score (nSPS) is 15.1. The first kappa shape index (κ1) is 16.0. The molecule has 0 bridgehead atoms. The molecule has 2 aromatic heterocycles. The molecule has 27 heavy (non-hydrogen) atoms. The number of anilines is 3. The van der Waals surface area contributed by atoms with E-state index >= 15 is 0 Å². The highest BCUT2D eigenvalue weighted by Gasteiger charge is 2.23. The number of hydrazine groups is 2. The average molecular weight is 363 g/mol. The van der Waals surface area contributed by atoms with Crippen molar-refractivity contribution in [2.24, 2.45) is 0 Å². The van der Waals surface area contributed by atoms with Gasteiger partial charge in [-0.2, -0.15) is 5.10 Å². The molecule has 2 aliphatic rings. The molecule has 8 heteroatoms. The lowest BCUT2D eigenvalue weighted by Gasteiger charge is -2.07. The summed E-state index contributed by atoms with van der Waals surface area (Å²) in [5, 5.41) is 4.50. The third-order valence-corrected chi connectivity index (χ3v) is 4.64. The molecule has 0 amide bonds. The minimum absolute atomic E-state index is 0.406. The second-order valence-corrected chi connectivity index (χ2v) is 6.99. The van der Waals surface area contributed by atoms with E-state index in [1.807, 2.05) is 29.1 Å². The summed E-state index contributed by atoms with van der Waals surface area (Å²) in [6.45, 7) is 0.708. The number of hydrogen-bond donors (Lipinski definition) is 4. The first-order valence-corrected chi connectivity index (χ1v) is 9.06. The molecule has 0 saturated heterocycles. The van der Waals surface area contributed by atoms with Crippen LogP contribution in [-0.2, 0) is 13.0 Å². The minimum Gasteiger partial charge on any atom is -0.490 e. The molecule has 1 aliphatic heterocycles. The summed E-state index contributed by atoms with van der Waals surface area (Å²) in [6, 6.07) is 10.1. The van der Waals surface area contributed by atoms with Gasteiger partial charge in [0.2, 0.25) is 0 Å². The van der Waals surface area contributed by atoms with Gasteiger partial charge in [0.15, 0.2) is 5.82 Å². The van der Waals surface area contributed by atoms with Crippen LogP contribution in [0.25, 0.3) is 0 Å². The van der Waals surface area contributed by atoms with Crippen molar-refractivity contribution in [3.05, 3.63) is 59.4 Å². The average Bonchev–Trinajstić information content (AvgIpc) is 3.14. The smallest absolute Gasteiger partial charge is 0.169 e. The highest BCUT2D eigenvalue weighted by molar-refractivity contribution is 5.74. The Bertz CT molecular complexity index is 980. The van der Waals surface area contributed by atoms with E-state index in [4.69, 9.17) is 10.5 Å². The summed E-state index contributed by atoms with van der Waals surface area (Å²) >= 11 is 0. The summed E-state index contributed by atoms with van der Waals surface area (Å²) in [5.74, 6) is 2.14. The van der Waals surface area contributed by atoms with Crippen LogP contribution >= 0.6 is 0 Å². The summed E-state index contributed by atoms with van der Waals surface area (Å²) in [7, 11) is 0. The van der Waals surface area contributed by atoms with Gasteiger partial charge in [0.25, 0.3) is 0 Å². The largest absolute Gasteiger partial charge is 0.490 e. The van der Waals surface area contributed by atoms with Gasteiger partial charge >= 0.3 is 0 Å². The first-order valence-electron chi connectivity index (χ1n) is 9.06. The fourth-order valence-corrected chi connectivity index (χ4v) is 3.23. The van der Waals surface area contributed by atoms with Crippen molar-refractivity contribution in [2.75, 3.05) is 16.6 Å². The Morgan fingerprint density at radius 2 is 2.11 bits per heavy atom. The van der Waals surface area contributed by atoms with Crippen LogP contribution in [0.5, 0.6) is 5.75 Å². The predicted octanol–water partition coefficient (Wildman–Crippen LogP) is 2.30. The van der Waals surface area contributed by atoms with E-state index in [2.05, 4.69) is 44.8 Å². The predicted molar refractivity (Wildman–Crippen MR) is 103 cm³/mol. The number of fused-ring (bicyclic) bond motifs is 1. The zero-order valence-electron chi connectivity index (χ0n) is 14.8. The van der Waals surface area contributed by atoms with E-state index in [0.717, 1.165) is 41.8 Å². The van der Waals surface area contributed by atoms with Crippen LogP contribution in [0.2, 0.25) is 0 Å². The monoisotopic (exact) mass is 363 g/mol. The van der Waals surface area contributed by atoms with Crippen molar-refractivity contribution < 1.29 is 4.74 Å². The zero-order chi connectivity index (χ0) is 18.2. The summed E-state index contributed by atoms with van der Waals surface area (Å²) in [6.07, 6.45) is 7.40. The molecule has 8 nitrogen and oxygen atoms in total. The summed E-state index contributed by atoms with van der Waals surface area (Å²) in [4.78, 5) is 4.26. The van der Waals surface area contributed by atoms with E-state index in [9.17, 15) is 0 Å². The molecule has 138 valence electrons. The molecular weight excluding hydrogens is 342 g/mol. The maximum absolute atomic E-state index is 5.91. The van der Waals surface area contributed by atoms with Gasteiger partial charge in [-0.25, -0.2) is 4.98 Å². The van der Waals surface area contributed by atoms with Gasteiger partial charge < -0.3 is 15.9 Å². The van der Waals surface area contributed by atoms with Crippen molar-refractivity contribution in [1.82, 2.24) is 20.3 Å². The molecule has 1 saturated carbocycles. The van der Waals surface area contributed by atoms with Crippen LogP contribution in [0, 0.1) is 0 Å².